The highest BCUT2D eigenvalue weighted by atomic mass is 16.5. The molecule has 0 aliphatic carbocycles. The lowest BCUT2D eigenvalue weighted by Gasteiger charge is -2.26. The first-order chi connectivity index (χ1) is 10.1. The summed E-state index contributed by atoms with van der Waals surface area (Å²) in [7, 11) is 0. The number of phenols is 1. The predicted molar refractivity (Wildman–Crippen MR) is 74.8 cm³/mol. The molecule has 1 saturated heterocycles. The van der Waals surface area contributed by atoms with Gasteiger partial charge in [-0.3, -0.25) is 9.59 Å². The smallest absolute Gasteiger partial charge is 0.306 e. The number of hydrogen-bond donors (Lipinski definition) is 1. The predicted octanol–water partition coefficient (Wildman–Crippen LogP) is 0.727. The third-order valence-electron chi connectivity index (χ3n) is 3.27. The van der Waals surface area contributed by atoms with Gasteiger partial charge in [-0.25, -0.2) is 0 Å². The van der Waals surface area contributed by atoms with E-state index in [2.05, 4.69) is 0 Å². The van der Waals surface area contributed by atoms with Crippen LogP contribution in [0.3, 0.4) is 0 Å². The lowest BCUT2D eigenvalue weighted by molar-refractivity contribution is -0.153. The van der Waals surface area contributed by atoms with Crippen LogP contribution < -0.4 is 0 Å². The summed E-state index contributed by atoms with van der Waals surface area (Å²) in [5, 5.41) is 9.16. The number of hydrogen-bond acceptors (Lipinski definition) is 5. The summed E-state index contributed by atoms with van der Waals surface area (Å²) < 4.78 is 10.1. The highest BCUT2D eigenvalue weighted by molar-refractivity contribution is 5.80. The average molecular weight is 293 g/mol. The number of rotatable bonds is 5. The zero-order valence-corrected chi connectivity index (χ0v) is 11.8. The van der Waals surface area contributed by atoms with E-state index in [4.69, 9.17) is 14.6 Å². The number of nitrogens with zero attached hydrogens (tertiary/aromatic N) is 1. The number of aryl methyl sites for hydroxylation is 1. The minimum atomic E-state index is -0.398. The largest absolute Gasteiger partial charge is 0.508 e. The van der Waals surface area contributed by atoms with E-state index >= 15 is 0 Å². The SMILES string of the molecule is O=C(CCc1ccc(O)cc1)OCC(=O)N1CCOCC1. The summed E-state index contributed by atoms with van der Waals surface area (Å²) in [5.41, 5.74) is 0.934. The highest BCUT2D eigenvalue weighted by Crippen LogP contribution is 2.11. The van der Waals surface area contributed by atoms with Gasteiger partial charge in [0.25, 0.3) is 5.91 Å². The molecule has 6 heteroatoms. The van der Waals surface area contributed by atoms with Crippen LogP contribution in [0.5, 0.6) is 5.75 Å². The Bertz CT molecular complexity index is 479. The Morgan fingerprint density at radius 1 is 1.19 bits per heavy atom. The molecule has 21 heavy (non-hydrogen) atoms. The third-order valence-corrected chi connectivity index (χ3v) is 3.27. The molecule has 1 amide bonds. The Labute approximate surface area is 123 Å². The molecule has 1 fully saturated rings. The topological polar surface area (TPSA) is 76.1 Å². The second kappa shape index (κ2) is 7.64. The maximum atomic E-state index is 11.8. The normalized spacial score (nSPS) is 14.8. The second-order valence-electron chi connectivity index (χ2n) is 4.82. The summed E-state index contributed by atoms with van der Waals surface area (Å²) in [6.45, 7) is 1.93. The molecule has 1 N–H and O–H groups in total. The first kappa shape index (κ1) is 15.3. The number of esters is 1. The van der Waals surface area contributed by atoms with Gasteiger partial charge in [0, 0.05) is 19.5 Å². The fraction of sp³-hybridized carbons (Fsp3) is 0.467. The lowest BCUT2D eigenvalue weighted by atomic mass is 10.1. The van der Waals surface area contributed by atoms with Gasteiger partial charge in [-0.1, -0.05) is 12.1 Å². The van der Waals surface area contributed by atoms with Crippen molar-refractivity contribution < 1.29 is 24.2 Å². The molecule has 1 aromatic carbocycles. The standard InChI is InChI=1S/C15H19NO5/c17-13-4-1-12(2-5-13)3-6-15(19)21-11-14(18)16-7-9-20-10-8-16/h1-2,4-5,17H,3,6-11H2. The van der Waals surface area contributed by atoms with Gasteiger partial charge in [-0.15, -0.1) is 0 Å². The second-order valence-corrected chi connectivity index (χ2v) is 4.82. The number of benzene rings is 1. The van der Waals surface area contributed by atoms with E-state index in [9.17, 15) is 9.59 Å². The maximum Gasteiger partial charge on any atom is 0.306 e. The number of amides is 1. The fourth-order valence-electron chi connectivity index (χ4n) is 2.03. The molecule has 1 aromatic rings. The van der Waals surface area contributed by atoms with Crippen molar-refractivity contribution >= 4 is 11.9 Å². The summed E-state index contributed by atoms with van der Waals surface area (Å²) >= 11 is 0. The van der Waals surface area contributed by atoms with Gasteiger partial charge < -0.3 is 19.5 Å². The first-order valence-electron chi connectivity index (χ1n) is 6.94. The van der Waals surface area contributed by atoms with Gasteiger partial charge in [0.05, 0.1) is 13.2 Å². The third kappa shape index (κ3) is 5.07. The molecule has 0 atom stereocenters. The van der Waals surface area contributed by atoms with Crippen LogP contribution in [0.25, 0.3) is 0 Å². The zero-order chi connectivity index (χ0) is 15.1. The molecule has 1 heterocycles. The number of carbonyl (C=O) groups excluding carboxylic acids is 2. The monoisotopic (exact) mass is 293 g/mol. The Morgan fingerprint density at radius 3 is 2.52 bits per heavy atom. The lowest BCUT2D eigenvalue weighted by Crippen LogP contribution is -2.42. The van der Waals surface area contributed by atoms with E-state index in [1.54, 1.807) is 29.2 Å². The number of ether oxygens (including phenoxy) is 2. The highest BCUT2D eigenvalue weighted by Gasteiger charge is 2.18. The molecule has 1 aliphatic rings. The van der Waals surface area contributed by atoms with Crippen LogP contribution in [0.4, 0.5) is 0 Å². The van der Waals surface area contributed by atoms with Crippen molar-refractivity contribution in [1.82, 2.24) is 4.90 Å². The van der Waals surface area contributed by atoms with Gasteiger partial charge >= 0.3 is 5.97 Å². The van der Waals surface area contributed by atoms with Crippen molar-refractivity contribution in [2.24, 2.45) is 0 Å². The molecule has 114 valence electrons. The van der Waals surface area contributed by atoms with E-state index in [1.807, 2.05) is 0 Å². The van der Waals surface area contributed by atoms with Gasteiger partial charge in [0.15, 0.2) is 6.61 Å². The molecule has 6 nitrogen and oxygen atoms in total. The molecule has 2 rings (SSSR count). The van der Waals surface area contributed by atoms with Gasteiger partial charge in [0.2, 0.25) is 0 Å². The van der Waals surface area contributed by atoms with Crippen LogP contribution in [0.2, 0.25) is 0 Å². The fourth-order valence-corrected chi connectivity index (χ4v) is 2.03. The molecule has 0 spiro atoms. The Hall–Kier alpha value is -2.08. The first-order valence-corrected chi connectivity index (χ1v) is 6.94. The summed E-state index contributed by atoms with van der Waals surface area (Å²) in [4.78, 5) is 25.0. The molecule has 0 unspecified atom stereocenters. The quantitative estimate of drug-likeness (QED) is 0.810. The Balaban J connectivity index is 1.67. The van der Waals surface area contributed by atoms with Crippen LogP contribution in [0.15, 0.2) is 24.3 Å². The summed E-state index contributed by atoms with van der Waals surface area (Å²) in [6.07, 6.45) is 0.728. The Morgan fingerprint density at radius 2 is 1.86 bits per heavy atom. The molecular weight excluding hydrogens is 274 g/mol. The van der Waals surface area contributed by atoms with Crippen molar-refractivity contribution in [2.75, 3.05) is 32.9 Å². The number of phenolic OH excluding ortho intramolecular Hbond substituents is 1. The maximum absolute atomic E-state index is 11.8. The number of morpholine rings is 1. The van der Waals surface area contributed by atoms with Crippen molar-refractivity contribution in [2.45, 2.75) is 12.8 Å². The van der Waals surface area contributed by atoms with E-state index < -0.39 is 5.97 Å². The van der Waals surface area contributed by atoms with Crippen molar-refractivity contribution in [3.63, 3.8) is 0 Å². The molecular formula is C15H19NO5. The molecule has 0 aromatic heterocycles. The van der Waals surface area contributed by atoms with Crippen LogP contribution in [-0.2, 0) is 25.5 Å². The van der Waals surface area contributed by atoms with Crippen molar-refractivity contribution in [3.8, 4) is 5.75 Å². The average Bonchev–Trinajstić information content (AvgIpc) is 2.53. The van der Waals surface area contributed by atoms with E-state index in [1.165, 1.54) is 0 Å². The van der Waals surface area contributed by atoms with E-state index in [0.717, 1.165) is 5.56 Å². The molecule has 0 radical (unpaired) electrons. The summed E-state index contributed by atoms with van der Waals surface area (Å²) in [5.74, 6) is -0.390. The van der Waals surface area contributed by atoms with Gasteiger partial charge in [0.1, 0.15) is 5.75 Å². The Kier molecular flexibility index (Phi) is 5.57. The minimum Gasteiger partial charge on any atom is -0.508 e. The number of aromatic hydroxyl groups is 1. The summed E-state index contributed by atoms with van der Waals surface area (Å²) in [6, 6.07) is 6.65. The van der Waals surface area contributed by atoms with Gasteiger partial charge in [-0.05, 0) is 24.1 Å². The number of carbonyl (C=O) groups is 2. The van der Waals surface area contributed by atoms with E-state index in [-0.39, 0.29) is 24.7 Å². The van der Waals surface area contributed by atoms with Crippen molar-refractivity contribution in [1.29, 1.82) is 0 Å². The molecule has 0 bridgehead atoms. The van der Waals surface area contributed by atoms with Crippen molar-refractivity contribution in [3.05, 3.63) is 29.8 Å². The van der Waals surface area contributed by atoms with E-state index in [0.29, 0.717) is 32.7 Å². The minimum absolute atomic E-state index is 0.184. The zero-order valence-electron chi connectivity index (χ0n) is 11.8. The molecule has 1 aliphatic heterocycles. The van der Waals surface area contributed by atoms with Crippen LogP contribution in [-0.4, -0.2) is 54.8 Å². The van der Waals surface area contributed by atoms with Crippen LogP contribution in [0.1, 0.15) is 12.0 Å². The van der Waals surface area contributed by atoms with Crippen LogP contribution >= 0.6 is 0 Å². The van der Waals surface area contributed by atoms with Gasteiger partial charge in [-0.2, -0.15) is 0 Å². The van der Waals surface area contributed by atoms with Crippen LogP contribution in [0, 0.1) is 0 Å². The molecule has 0 saturated carbocycles.